The maximum absolute atomic E-state index is 11.7. The minimum Gasteiger partial charge on any atom is -0.478 e. The van der Waals surface area contributed by atoms with Crippen LogP contribution in [0, 0.1) is 6.92 Å². The molecule has 2 aromatic rings. The average Bonchev–Trinajstić information content (AvgIpc) is 2.97. The van der Waals surface area contributed by atoms with Gasteiger partial charge in [-0.2, -0.15) is 5.10 Å². The number of carboxylic acid groups (broad SMARTS) is 1. The topological polar surface area (TPSA) is 101 Å². The Balaban J connectivity index is 0.00000288. The van der Waals surface area contributed by atoms with E-state index in [-0.39, 0.29) is 24.6 Å². The van der Waals surface area contributed by atoms with Gasteiger partial charge in [0.25, 0.3) is 0 Å². The minimum absolute atomic E-state index is 0. The van der Waals surface area contributed by atoms with Gasteiger partial charge in [0.15, 0.2) is 0 Å². The Bertz CT molecular complexity index is 716. The van der Waals surface area contributed by atoms with Crippen molar-refractivity contribution >= 4 is 41.9 Å². The predicted molar refractivity (Wildman–Crippen MR) is 93.1 cm³/mol. The summed E-state index contributed by atoms with van der Waals surface area (Å²) in [6.45, 7) is 2.25. The molecule has 0 spiro atoms. The summed E-state index contributed by atoms with van der Waals surface area (Å²) in [5.41, 5.74) is 6.17. The number of aromatic nitrogens is 1. The van der Waals surface area contributed by atoms with Crippen molar-refractivity contribution in [1.82, 2.24) is 10.4 Å². The van der Waals surface area contributed by atoms with Crippen LogP contribution in [0.4, 0.5) is 0 Å². The fourth-order valence-electron chi connectivity index (χ4n) is 1.68. The molecule has 0 unspecified atom stereocenters. The molecule has 9 heteroatoms. The predicted octanol–water partition coefficient (Wildman–Crippen LogP) is 2.50. The Kier molecular flexibility index (Phi) is 7.87. The number of ether oxygens (including phenoxy) is 1. The summed E-state index contributed by atoms with van der Waals surface area (Å²) < 4.78 is 5.04. The molecule has 0 aliphatic rings. The van der Waals surface area contributed by atoms with Crippen LogP contribution in [0.5, 0.6) is 0 Å². The van der Waals surface area contributed by atoms with Crippen molar-refractivity contribution in [2.45, 2.75) is 13.5 Å². The van der Waals surface area contributed by atoms with Crippen LogP contribution >= 0.6 is 23.7 Å². The van der Waals surface area contributed by atoms with Crippen LogP contribution in [0.2, 0.25) is 0 Å². The molecule has 1 aromatic carbocycles. The normalized spacial score (nSPS) is 10.2. The zero-order valence-electron chi connectivity index (χ0n) is 12.8. The standard InChI is InChI=1S/C15H15N3O4S.ClH/c1-10-13(23-9-16-10)15(21)22-7-6-17-18-8-11-2-4-12(5-3-11)14(19)20;/h2-6,9,18H,7-8H2,1H3,(H,19,20);1H/b17-6+;. The van der Waals surface area contributed by atoms with E-state index in [0.717, 1.165) is 5.56 Å². The van der Waals surface area contributed by atoms with Crippen LogP contribution in [-0.4, -0.2) is 34.9 Å². The molecule has 2 rings (SSSR count). The fraction of sp³-hybridized carbons (Fsp3) is 0.200. The Hall–Kier alpha value is -2.45. The molecule has 0 saturated heterocycles. The third kappa shape index (κ3) is 5.64. The maximum atomic E-state index is 11.7. The lowest BCUT2D eigenvalue weighted by Gasteiger charge is -2.02. The van der Waals surface area contributed by atoms with Crippen molar-refractivity contribution in [3.8, 4) is 0 Å². The third-order valence-corrected chi connectivity index (χ3v) is 3.80. The zero-order chi connectivity index (χ0) is 16.7. The number of aryl methyl sites for hydroxylation is 1. The van der Waals surface area contributed by atoms with Gasteiger partial charge in [0.05, 0.1) is 29.5 Å². The number of benzene rings is 1. The molecule has 1 aromatic heterocycles. The van der Waals surface area contributed by atoms with Crippen LogP contribution in [0.25, 0.3) is 0 Å². The highest BCUT2D eigenvalue weighted by Crippen LogP contribution is 2.12. The molecule has 7 nitrogen and oxygen atoms in total. The van der Waals surface area contributed by atoms with E-state index in [0.29, 0.717) is 17.1 Å². The lowest BCUT2D eigenvalue weighted by atomic mass is 10.1. The first-order valence-corrected chi connectivity index (χ1v) is 7.59. The Morgan fingerprint density at radius 2 is 2.08 bits per heavy atom. The van der Waals surface area contributed by atoms with Gasteiger partial charge in [0.1, 0.15) is 11.5 Å². The molecule has 0 aliphatic carbocycles. The molecule has 0 atom stereocenters. The van der Waals surface area contributed by atoms with Gasteiger partial charge in [0, 0.05) is 0 Å². The lowest BCUT2D eigenvalue weighted by molar-refractivity contribution is 0.0570. The summed E-state index contributed by atoms with van der Waals surface area (Å²) in [5.74, 6) is -1.37. The van der Waals surface area contributed by atoms with E-state index in [4.69, 9.17) is 9.84 Å². The fourth-order valence-corrected chi connectivity index (χ4v) is 2.37. The van der Waals surface area contributed by atoms with Gasteiger partial charge < -0.3 is 15.3 Å². The van der Waals surface area contributed by atoms with Crippen molar-refractivity contribution in [3.05, 3.63) is 51.5 Å². The smallest absolute Gasteiger partial charge is 0.350 e. The van der Waals surface area contributed by atoms with Crippen LogP contribution in [0.15, 0.2) is 34.9 Å². The SMILES string of the molecule is Cc1ncsc1C(=O)OC/C=N/NCc1ccc(C(=O)O)cc1.Cl. The molecule has 0 bridgehead atoms. The van der Waals surface area contributed by atoms with Crippen LogP contribution in [-0.2, 0) is 11.3 Å². The summed E-state index contributed by atoms with van der Waals surface area (Å²) in [6.07, 6.45) is 1.44. The number of carboxylic acids is 1. The number of nitrogens with zero attached hydrogens (tertiary/aromatic N) is 2. The molecule has 128 valence electrons. The van der Waals surface area contributed by atoms with E-state index in [9.17, 15) is 9.59 Å². The van der Waals surface area contributed by atoms with Crippen molar-refractivity contribution in [3.63, 3.8) is 0 Å². The number of aromatic carboxylic acids is 1. The first kappa shape index (κ1) is 19.6. The number of carbonyl (C=O) groups is 2. The largest absolute Gasteiger partial charge is 0.478 e. The molecule has 1 heterocycles. The molecule has 0 fully saturated rings. The summed E-state index contributed by atoms with van der Waals surface area (Å²) in [6, 6.07) is 6.47. The zero-order valence-corrected chi connectivity index (χ0v) is 14.4. The molecule has 2 N–H and O–H groups in total. The molecular formula is C15H16ClN3O4S. The van der Waals surface area contributed by atoms with E-state index in [1.165, 1.54) is 29.7 Å². The first-order valence-electron chi connectivity index (χ1n) is 6.71. The Morgan fingerprint density at radius 3 is 2.67 bits per heavy atom. The first-order chi connectivity index (χ1) is 11.1. The molecular weight excluding hydrogens is 354 g/mol. The number of rotatable bonds is 7. The maximum Gasteiger partial charge on any atom is 0.350 e. The third-order valence-electron chi connectivity index (χ3n) is 2.89. The number of hydrazone groups is 1. The monoisotopic (exact) mass is 369 g/mol. The number of carbonyl (C=O) groups excluding carboxylic acids is 1. The van der Waals surface area contributed by atoms with E-state index >= 15 is 0 Å². The van der Waals surface area contributed by atoms with Gasteiger partial charge in [-0.1, -0.05) is 12.1 Å². The van der Waals surface area contributed by atoms with Crippen molar-refractivity contribution in [2.24, 2.45) is 5.10 Å². The summed E-state index contributed by atoms with van der Waals surface area (Å²) in [7, 11) is 0. The molecule has 0 amide bonds. The van der Waals surface area contributed by atoms with Gasteiger partial charge in [-0.25, -0.2) is 14.6 Å². The average molecular weight is 370 g/mol. The van der Waals surface area contributed by atoms with Gasteiger partial charge in [0.2, 0.25) is 0 Å². The van der Waals surface area contributed by atoms with E-state index in [1.807, 2.05) is 0 Å². The van der Waals surface area contributed by atoms with Crippen LogP contribution in [0.3, 0.4) is 0 Å². The van der Waals surface area contributed by atoms with E-state index in [2.05, 4.69) is 15.5 Å². The highest BCUT2D eigenvalue weighted by atomic mass is 35.5. The molecule has 0 saturated carbocycles. The van der Waals surface area contributed by atoms with E-state index < -0.39 is 11.9 Å². The van der Waals surface area contributed by atoms with Gasteiger partial charge >= 0.3 is 11.9 Å². The highest BCUT2D eigenvalue weighted by molar-refractivity contribution is 7.11. The molecule has 0 aliphatic heterocycles. The summed E-state index contributed by atoms with van der Waals surface area (Å²) in [4.78, 5) is 26.9. The van der Waals surface area contributed by atoms with Gasteiger partial charge in [-0.3, -0.25) is 0 Å². The van der Waals surface area contributed by atoms with Gasteiger partial charge in [-0.05, 0) is 24.6 Å². The number of hydrogen-bond donors (Lipinski definition) is 2. The number of esters is 1. The quantitative estimate of drug-likeness (QED) is 0.442. The second-order valence-corrected chi connectivity index (χ2v) is 5.37. The Labute approximate surface area is 148 Å². The summed E-state index contributed by atoms with van der Waals surface area (Å²) >= 11 is 1.24. The molecule has 24 heavy (non-hydrogen) atoms. The number of hydrogen-bond acceptors (Lipinski definition) is 7. The number of nitrogens with one attached hydrogen (secondary N) is 1. The van der Waals surface area contributed by atoms with Crippen LogP contribution < -0.4 is 5.43 Å². The van der Waals surface area contributed by atoms with Crippen molar-refractivity contribution in [1.29, 1.82) is 0 Å². The second-order valence-electron chi connectivity index (χ2n) is 4.51. The number of halogens is 1. The van der Waals surface area contributed by atoms with Crippen molar-refractivity contribution in [2.75, 3.05) is 6.61 Å². The molecule has 0 radical (unpaired) electrons. The minimum atomic E-state index is -0.958. The van der Waals surface area contributed by atoms with Gasteiger partial charge in [-0.15, -0.1) is 23.7 Å². The second kappa shape index (κ2) is 9.64. The lowest BCUT2D eigenvalue weighted by Crippen LogP contribution is -2.10. The van der Waals surface area contributed by atoms with Crippen LogP contribution in [0.1, 0.15) is 31.3 Å². The van der Waals surface area contributed by atoms with E-state index in [1.54, 1.807) is 24.6 Å². The summed E-state index contributed by atoms with van der Waals surface area (Å²) in [5, 5.41) is 12.7. The highest BCUT2D eigenvalue weighted by Gasteiger charge is 2.12. The number of thiazole rings is 1. The van der Waals surface area contributed by atoms with Crippen molar-refractivity contribution < 1.29 is 19.4 Å². The Morgan fingerprint density at radius 1 is 1.38 bits per heavy atom.